The number of hydrogen-bond acceptors (Lipinski definition) is 4. The van der Waals surface area contributed by atoms with Crippen molar-refractivity contribution in [3.05, 3.63) is 11.6 Å². The highest BCUT2D eigenvalue weighted by molar-refractivity contribution is 7.13. The maximum absolute atomic E-state index is 4.35. The Kier molecular flexibility index (Phi) is 3.37. The van der Waals surface area contributed by atoms with Gasteiger partial charge in [0.25, 0.3) is 0 Å². The van der Waals surface area contributed by atoms with Gasteiger partial charge in [-0.3, -0.25) is 0 Å². The molecule has 0 saturated carbocycles. The lowest BCUT2D eigenvalue weighted by molar-refractivity contribution is 0.566. The van der Waals surface area contributed by atoms with E-state index >= 15 is 0 Å². The third-order valence-electron chi connectivity index (χ3n) is 2.81. The molecule has 0 aromatic carbocycles. The topological polar surface area (TPSA) is 28.2 Å². The van der Waals surface area contributed by atoms with E-state index in [0.29, 0.717) is 6.04 Å². The maximum atomic E-state index is 4.35. The van der Waals surface area contributed by atoms with Gasteiger partial charge in [0.2, 0.25) is 0 Å². The molecule has 1 saturated heterocycles. The molecule has 1 N–H and O–H groups in total. The van der Waals surface area contributed by atoms with Crippen LogP contribution in [0.15, 0.2) is 11.6 Å². The highest BCUT2D eigenvalue weighted by Gasteiger charge is 2.18. The molecular formula is C10H17N3S. The van der Waals surface area contributed by atoms with E-state index in [2.05, 4.69) is 22.2 Å². The molecule has 1 fully saturated rings. The van der Waals surface area contributed by atoms with Crippen molar-refractivity contribution in [2.45, 2.75) is 25.3 Å². The first-order valence-electron chi connectivity index (χ1n) is 5.21. The van der Waals surface area contributed by atoms with Crippen molar-refractivity contribution in [1.29, 1.82) is 0 Å². The highest BCUT2D eigenvalue weighted by atomic mass is 32.1. The van der Waals surface area contributed by atoms with Gasteiger partial charge in [-0.05, 0) is 32.4 Å². The molecule has 1 unspecified atom stereocenters. The number of nitrogens with one attached hydrogen (secondary N) is 1. The third kappa shape index (κ3) is 2.25. The van der Waals surface area contributed by atoms with Crippen LogP contribution in [-0.4, -0.2) is 31.2 Å². The van der Waals surface area contributed by atoms with Crippen molar-refractivity contribution in [2.24, 2.45) is 0 Å². The first-order valence-corrected chi connectivity index (χ1v) is 6.09. The summed E-state index contributed by atoms with van der Waals surface area (Å²) in [6, 6.07) is 0.663. The molecule has 1 aliphatic rings. The van der Waals surface area contributed by atoms with Crippen LogP contribution in [-0.2, 0) is 0 Å². The average molecular weight is 211 g/mol. The summed E-state index contributed by atoms with van der Waals surface area (Å²) in [7, 11) is 2.16. The predicted molar refractivity (Wildman–Crippen MR) is 61.0 cm³/mol. The van der Waals surface area contributed by atoms with Crippen molar-refractivity contribution < 1.29 is 0 Å². The van der Waals surface area contributed by atoms with Crippen LogP contribution in [0.4, 0.5) is 5.13 Å². The van der Waals surface area contributed by atoms with Gasteiger partial charge in [-0.15, -0.1) is 11.3 Å². The molecule has 0 spiro atoms. The summed E-state index contributed by atoms with van der Waals surface area (Å²) in [5, 5.41) is 6.63. The molecule has 0 amide bonds. The van der Waals surface area contributed by atoms with Crippen LogP contribution in [0, 0.1) is 0 Å². The zero-order valence-electron chi connectivity index (χ0n) is 8.57. The molecule has 2 heterocycles. The highest BCUT2D eigenvalue weighted by Crippen LogP contribution is 2.22. The molecule has 78 valence electrons. The molecule has 4 heteroatoms. The minimum atomic E-state index is 0.663. The van der Waals surface area contributed by atoms with Gasteiger partial charge in [0.1, 0.15) is 0 Å². The van der Waals surface area contributed by atoms with Gasteiger partial charge in [-0.2, -0.15) is 0 Å². The molecule has 1 aliphatic heterocycles. The number of aromatic nitrogens is 1. The molecular weight excluding hydrogens is 194 g/mol. The Balaban J connectivity index is 1.99. The Labute approximate surface area is 89.1 Å². The van der Waals surface area contributed by atoms with Crippen molar-refractivity contribution >= 4 is 16.5 Å². The fourth-order valence-electron chi connectivity index (χ4n) is 1.93. The lowest BCUT2D eigenvalue weighted by Gasteiger charge is -2.26. The van der Waals surface area contributed by atoms with Crippen molar-refractivity contribution in [1.82, 2.24) is 10.3 Å². The first kappa shape index (κ1) is 9.93. The van der Waals surface area contributed by atoms with Gasteiger partial charge in [0, 0.05) is 24.7 Å². The molecule has 1 aromatic heterocycles. The summed E-state index contributed by atoms with van der Waals surface area (Å²) < 4.78 is 0. The number of anilines is 1. The van der Waals surface area contributed by atoms with Crippen LogP contribution >= 0.6 is 11.3 Å². The average Bonchev–Trinajstić information content (AvgIpc) is 2.59. The molecule has 0 aliphatic carbocycles. The Morgan fingerprint density at radius 2 is 2.43 bits per heavy atom. The third-order valence-corrected chi connectivity index (χ3v) is 3.68. The summed E-state index contributed by atoms with van der Waals surface area (Å²) in [6.07, 6.45) is 5.67. The molecule has 2 rings (SSSR count). The van der Waals surface area contributed by atoms with Crippen LogP contribution in [0.5, 0.6) is 0 Å². The van der Waals surface area contributed by atoms with E-state index in [4.69, 9.17) is 0 Å². The van der Waals surface area contributed by atoms with Gasteiger partial charge < -0.3 is 10.2 Å². The maximum Gasteiger partial charge on any atom is 0.185 e. The van der Waals surface area contributed by atoms with E-state index in [-0.39, 0.29) is 0 Å². The molecule has 1 atom stereocenters. The number of thiazole rings is 1. The first-order chi connectivity index (χ1) is 6.88. The van der Waals surface area contributed by atoms with E-state index in [9.17, 15) is 0 Å². The quantitative estimate of drug-likeness (QED) is 0.807. The van der Waals surface area contributed by atoms with Gasteiger partial charge in [-0.25, -0.2) is 4.98 Å². The standard InChI is InChI=1S/C10H17N3S/c1-13(10-12-7-8-14-10)9-3-2-5-11-6-4-9/h7-9,11H,2-6H2,1H3. The van der Waals surface area contributed by atoms with Gasteiger partial charge in [-0.1, -0.05) is 0 Å². The normalized spacial score (nSPS) is 23.1. The Morgan fingerprint density at radius 1 is 1.50 bits per heavy atom. The van der Waals surface area contributed by atoms with Crippen LogP contribution < -0.4 is 10.2 Å². The zero-order chi connectivity index (χ0) is 9.80. The summed E-state index contributed by atoms with van der Waals surface area (Å²) >= 11 is 1.73. The molecule has 1 aromatic rings. The van der Waals surface area contributed by atoms with E-state index in [0.717, 1.165) is 11.7 Å². The Morgan fingerprint density at radius 3 is 3.21 bits per heavy atom. The fraction of sp³-hybridized carbons (Fsp3) is 0.700. The largest absolute Gasteiger partial charge is 0.348 e. The van der Waals surface area contributed by atoms with Crippen molar-refractivity contribution in [3.8, 4) is 0 Å². The Bertz CT molecular complexity index is 252. The summed E-state index contributed by atoms with van der Waals surface area (Å²) in [5.41, 5.74) is 0. The summed E-state index contributed by atoms with van der Waals surface area (Å²) in [6.45, 7) is 2.31. The monoisotopic (exact) mass is 211 g/mol. The van der Waals surface area contributed by atoms with Crippen LogP contribution in [0.3, 0.4) is 0 Å². The van der Waals surface area contributed by atoms with E-state index < -0.39 is 0 Å². The van der Waals surface area contributed by atoms with Gasteiger partial charge >= 0.3 is 0 Å². The minimum Gasteiger partial charge on any atom is -0.348 e. The van der Waals surface area contributed by atoms with Gasteiger partial charge in [0.15, 0.2) is 5.13 Å². The van der Waals surface area contributed by atoms with E-state index in [1.54, 1.807) is 11.3 Å². The second kappa shape index (κ2) is 4.75. The molecule has 14 heavy (non-hydrogen) atoms. The second-order valence-corrected chi connectivity index (χ2v) is 4.63. The predicted octanol–water partition coefficient (Wildman–Crippen LogP) is 1.72. The van der Waals surface area contributed by atoms with Crippen LogP contribution in [0.1, 0.15) is 19.3 Å². The van der Waals surface area contributed by atoms with Gasteiger partial charge in [0.05, 0.1) is 0 Å². The lowest BCUT2D eigenvalue weighted by Crippen LogP contribution is -2.32. The minimum absolute atomic E-state index is 0.663. The lowest BCUT2D eigenvalue weighted by atomic mass is 10.1. The zero-order valence-corrected chi connectivity index (χ0v) is 9.39. The number of nitrogens with zero attached hydrogens (tertiary/aromatic N) is 2. The second-order valence-electron chi connectivity index (χ2n) is 3.76. The summed E-state index contributed by atoms with van der Waals surface area (Å²) in [4.78, 5) is 6.68. The smallest absolute Gasteiger partial charge is 0.185 e. The fourth-order valence-corrected chi connectivity index (χ4v) is 2.61. The summed E-state index contributed by atoms with van der Waals surface area (Å²) in [5.74, 6) is 0. The number of hydrogen-bond donors (Lipinski definition) is 1. The molecule has 3 nitrogen and oxygen atoms in total. The van der Waals surface area contributed by atoms with E-state index in [1.807, 2.05) is 11.6 Å². The van der Waals surface area contributed by atoms with Crippen LogP contribution in [0.25, 0.3) is 0 Å². The van der Waals surface area contributed by atoms with Crippen molar-refractivity contribution in [3.63, 3.8) is 0 Å². The molecule has 0 bridgehead atoms. The number of rotatable bonds is 2. The Hall–Kier alpha value is -0.610. The van der Waals surface area contributed by atoms with Crippen LogP contribution in [0.2, 0.25) is 0 Å². The SMILES string of the molecule is CN(c1nccs1)C1CCCNCC1. The molecule has 0 radical (unpaired) electrons. The van der Waals surface area contributed by atoms with Crippen molar-refractivity contribution in [2.75, 3.05) is 25.0 Å². The van der Waals surface area contributed by atoms with E-state index in [1.165, 1.54) is 25.8 Å².